The maximum Gasteiger partial charge on any atom is 0.193 e. The second kappa shape index (κ2) is 6.00. The van der Waals surface area contributed by atoms with Crippen LogP contribution in [0, 0.1) is 20.8 Å². The van der Waals surface area contributed by atoms with E-state index in [0.29, 0.717) is 11.1 Å². The van der Waals surface area contributed by atoms with Crippen LogP contribution < -0.4 is 9.47 Å². The van der Waals surface area contributed by atoms with Gasteiger partial charge in [0, 0.05) is 11.1 Å². The Balaban J connectivity index is 2.47. The molecule has 0 heterocycles. The molecule has 0 saturated carbocycles. The van der Waals surface area contributed by atoms with Crippen LogP contribution in [0.15, 0.2) is 30.3 Å². The number of carbonyl (C=O) groups is 1. The minimum Gasteiger partial charge on any atom is -0.496 e. The standard InChI is InChI=1S/C18H20O3/c1-11-6-7-14(10-17(11)21-5)18(19)15-8-13(3)16(20-4)9-12(15)2/h6-10H,1-5H3. The van der Waals surface area contributed by atoms with Crippen LogP contribution in [0.4, 0.5) is 0 Å². The largest absolute Gasteiger partial charge is 0.496 e. The second-order valence-electron chi connectivity index (χ2n) is 5.15. The van der Waals surface area contributed by atoms with E-state index in [1.807, 2.05) is 45.0 Å². The molecule has 0 N–H and O–H groups in total. The second-order valence-corrected chi connectivity index (χ2v) is 5.15. The number of methoxy groups -OCH3 is 2. The molecule has 3 heteroatoms. The zero-order chi connectivity index (χ0) is 15.6. The van der Waals surface area contributed by atoms with E-state index in [0.717, 1.165) is 28.2 Å². The Morgan fingerprint density at radius 2 is 1.43 bits per heavy atom. The third-order valence-corrected chi connectivity index (χ3v) is 3.66. The number of hydrogen-bond donors (Lipinski definition) is 0. The van der Waals surface area contributed by atoms with Crippen molar-refractivity contribution in [2.45, 2.75) is 20.8 Å². The first-order chi connectivity index (χ1) is 9.97. The number of ketones is 1. The first kappa shape index (κ1) is 15.1. The van der Waals surface area contributed by atoms with Crippen LogP contribution in [0.2, 0.25) is 0 Å². The molecular formula is C18H20O3. The Morgan fingerprint density at radius 3 is 2.05 bits per heavy atom. The number of carbonyl (C=O) groups excluding carboxylic acids is 1. The van der Waals surface area contributed by atoms with Crippen molar-refractivity contribution in [3.63, 3.8) is 0 Å². The highest BCUT2D eigenvalue weighted by Gasteiger charge is 2.15. The molecule has 0 amide bonds. The van der Waals surface area contributed by atoms with E-state index >= 15 is 0 Å². The van der Waals surface area contributed by atoms with Crippen LogP contribution in [-0.4, -0.2) is 20.0 Å². The Labute approximate surface area is 125 Å². The van der Waals surface area contributed by atoms with Gasteiger partial charge in [0.25, 0.3) is 0 Å². The summed E-state index contributed by atoms with van der Waals surface area (Å²) in [6.45, 7) is 5.81. The molecule has 0 atom stereocenters. The van der Waals surface area contributed by atoms with Gasteiger partial charge in [-0.05, 0) is 55.7 Å². The molecular weight excluding hydrogens is 264 g/mol. The third kappa shape index (κ3) is 2.92. The lowest BCUT2D eigenvalue weighted by Gasteiger charge is -2.12. The van der Waals surface area contributed by atoms with Crippen LogP contribution in [-0.2, 0) is 0 Å². The van der Waals surface area contributed by atoms with Crippen molar-refractivity contribution >= 4 is 5.78 Å². The summed E-state index contributed by atoms with van der Waals surface area (Å²) in [6.07, 6.45) is 0. The molecule has 0 unspecified atom stereocenters. The van der Waals surface area contributed by atoms with Crippen molar-refractivity contribution in [2.75, 3.05) is 14.2 Å². The van der Waals surface area contributed by atoms with Gasteiger partial charge >= 0.3 is 0 Å². The summed E-state index contributed by atoms with van der Waals surface area (Å²) in [6, 6.07) is 9.30. The van der Waals surface area contributed by atoms with Gasteiger partial charge in [0.15, 0.2) is 5.78 Å². The molecule has 2 aromatic carbocycles. The van der Waals surface area contributed by atoms with E-state index in [1.54, 1.807) is 20.3 Å². The molecule has 0 fully saturated rings. The van der Waals surface area contributed by atoms with E-state index in [9.17, 15) is 4.79 Å². The highest BCUT2D eigenvalue weighted by Crippen LogP contribution is 2.26. The number of benzene rings is 2. The van der Waals surface area contributed by atoms with E-state index in [2.05, 4.69) is 0 Å². The first-order valence-corrected chi connectivity index (χ1v) is 6.82. The molecule has 0 aliphatic rings. The van der Waals surface area contributed by atoms with Gasteiger partial charge in [-0.3, -0.25) is 4.79 Å². The van der Waals surface area contributed by atoms with E-state index in [1.165, 1.54) is 0 Å². The lowest BCUT2D eigenvalue weighted by molar-refractivity contribution is 0.103. The van der Waals surface area contributed by atoms with Gasteiger partial charge in [0.05, 0.1) is 14.2 Å². The Hall–Kier alpha value is -2.29. The van der Waals surface area contributed by atoms with Gasteiger partial charge in [-0.1, -0.05) is 12.1 Å². The Bertz CT molecular complexity index is 687. The number of rotatable bonds is 4. The van der Waals surface area contributed by atoms with Crippen LogP contribution in [0.25, 0.3) is 0 Å². The predicted octanol–water partition coefficient (Wildman–Crippen LogP) is 3.86. The Kier molecular flexibility index (Phi) is 4.32. The monoisotopic (exact) mass is 284 g/mol. The summed E-state index contributed by atoms with van der Waals surface area (Å²) in [5.41, 5.74) is 4.19. The molecule has 0 aromatic heterocycles. The van der Waals surface area contributed by atoms with E-state index < -0.39 is 0 Å². The fourth-order valence-electron chi connectivity index (χ4n) is 2.37. The molecule has 0 spiro atoms. The van der Waals surface area contributed by atoms with Crippen molar-refractivity contribution in [1.82, 2.24) is 0 Å². The summed E-state index contributed by atoms with van der Waals surface area (Å²) >= 11 is 0. The molecule has 110 valence electrons. The topological polar surface area (TPSA) is 35.5 Å². The zero-order valence-corrected chi connectivity index (χ0v) is 13.1. The van der Waals surface area contributed by atoms with E-state index in [4.69, 9.17) is 9.47 Å². The molecule has 0 bridgehead atoms. The zero-order valence-electron chi connectivity index (χ0n) is 13.1. The molecule has 0 saturated heterocycles. The molecule has 21 heavy (non-hydrogen) atoms. The van der Waals surface area contributed by atoms with Crippen LogP contribution in [0.1, 0.15) is 32.6 Å². The average Bonchev–Trinajstić information content (AvgIpc) is 2.49. The summed E-state index contributed by atoms with van der Waals surface area (Å²) in [5.74, 6) is 1.52. The average molecular weight is 284 g/mol. The van der Waals surface area contributed by atoms with Crippen molar-refractivity contribution in [3.8, 4) is 11.5 Å². The van der Waals surface area contributed by atoms with Gasteiger partial charge in [0.1, 0.15) is 11.5 Å². The summed E-state index contributed by atoms with van der Waals surface area (Å²) in [5, 5.41) is 0. The number of hydrogen-bond acceptors (Lipinski definition) is 3. The quantitative estimate of drug-likeness (QED) is 0.800. The molecule has 3 nitrogen and oxygen atoms in total. The maximum atomic E-state index is 12.7. The highest BCUT2D eigenvalue weighted by atomic mass is 16.5. The van der Waals surface area contributed by atoms with Crippen molar-refractivity contribution < 1.29 is 14.3 Å². The van der Waals surface area contributed by atoms with Gasteiger partial charge in [-0.15, -0.1) is 0 Å². The maximum absolute atomic E-state index is 12.7. The minimum absolute atomic E-state index is 0.00319. The van der Waals surface area contributed by atoms with Gasteiger partial charge in [0.2, 0.25) is 0 Å². The van der Waals surface area contributed by atoms with Crippen LogP contribution in [0.5, 0.6) is 11.5 Å². The van der Waals surface area contributed by atoms with Gasteiger partial charge < -0.3 is 9.47 Å². The number of ether oxygens (including phenoxy) is 2. The Morgan fingerprint density at radius 1 is 0.810 bits per heavy atom. The summed E-state index contributed by atoms with van der Waals surface area (Å²) < 4.78 is 10.6. The fraction of sp³-hybridized carbons (Fsp3) is 0.278. The molecule has 2 aromatic rings. The lowest BCUT2D eigenvalue weighted by atomic mass is 9.96. The van der Waals surface area contributed by atoms with Crippen LogP contribution >= 0.6 is 0 Å². The molecule has 0 radical (unpaired) electrons. The van der Waals surface area contributed by atoms with E-state index in [-0.39, 0.29) is 5.78 Å². The van der Waals surface area contributed by atoms with Gasteiger partial charge in [-0.25, -0.2) is 0 Å². The smallest absolute Gasteiger partial charge is 0.193 e. The molecule has 0 aliphatic carbocycles. The normalized spacial score (nSPS) is 10.3. The predicted molar refractivity (Wildman–Crippen MR) is 83.6 cm³/mol. The highest BCUT2D eigenvalue weighted by molar-refractivity contribution is 6.10. The molecule has 0 aliphatic heterocycles. The first-order valence-electron chi connectivity index (χ1n) is 6.82. The summed E-state index contributed by atoms with van der Waals surface area (Å²) in [4.78, 5) is 12.7. The molecule has 2 rings (SSSR count). The lowest BCUT2D eigenvalue weighted by Crippen LogP contribution is -2.06. The fourth-order valence-corrected chi connectivity index (χ4v) is 2.37. The van der Waals surface area contributed by atoms with Crippen molar-refractivity contribution in [2.24, 2.45) is 0 Å². The minimum atomic E-state index is -0.00319. The van der Waals surface area contributed by atoms with Crippen LogP contribution in [0.3, 0.4) is 0 Å². The third-order valence-electron chi connectivity index (χ3n) is 3.66. The van der Waals surface area contributed by atoms with Crippen molar-refractivity contribution in [3.05, 3.63) is 58.1 Å². The SMILES string of the molecule is COc1cc(C(=O)c2cc(C)c(OC)cc2C)ccc1C. The number of aryl methyl sites for hydroxylation is 3. The van der Waals surface area contributed by atoms with Gasteiger partial charge in [-0.2, -0.15) is 0 Å². The van der Waals surface area contributed by atoms with Crippen molar-refractivity contribution in [1.29, 1.82) is 0 Å². The summed E-state index contributed by atoms with van der Waals surface area (Å²) in [7, 11) is 3.24.